The van der Waals surface area contributed by atoms with Crippen LogP contribution >= 0.6 is 0 Å². The fraction of sp³-hybridized carbons (Fsp3) is 0.533. The molecule has 3 nitrogen and oxygen atoms in total. The molecule has 1 unspecified atom stereocenters. The monoisotopic (exact) mass is 247 g/mol. The Kier molecular flexibility index (Phi) is 3.60. The van der Waals surface area contributed by atoms with E-state index < -0.39 is 0 Å². The summed E-state index contributed by atoms with van der Waals surface area (Å²) in [7, 11) is 0. The molecular weight excluding hydrogens is 226 g/mol. The van der Waals surface area contributed by atoms with Gasteiger partial charge in [0.2, 0.25) is 0 Å². The van der Waals surface area contributed by atoms with Gasteiger partial charge in [0.05, 0.1) is 6.61 Å². The first-order chi connectivity index (χ1) is 8.46. The summed E-state index contributed by atoms with van der Waals surface area (Å²) in [6, 6.07) is 7.79. The van der Waals surface area contributed by atoms with Gasteiger partial charge in [0.1, 0.15) is 6.04 Å². The van der Waals surface area contributed by atoms with Gasteiger partial charge in [-0.3, -0.25) is 0 Å². The van der Waals surface area contributed by atoms with Crippen LogP contribution in [0.2, 0.25) is 0 Å². The molecule has 0 spiro atoms. The van der Waals surface area contributed by atoms with E-state index in [9.17, 15) is 4.79 Å². The van der Waals surface area contributed by atoms with Crippen molar-refractivity contribution < 1.29 is 9.53 Å². The third-order valence-corrected chi connectivity index (χ3v) is 3.15. The van der Waals surface area contributed by atoms with Gasteiger partial charge in [0.15, 0.2) is 0 Å². The molecule has 1 aromatic rings. The lowest BCUT2D eigenvalue weighted by Crippen LogP contribution is -2.30. The van der Waals surface area contributed by atoms with Crippen LogP contribution in [0.15, 0.2) is 24.3 Å². The Bertz CT molecular complexity index is 409. The number of benzene rings is 1. The van der Waals surface area contributed by atoms with Crippen molar-refractivity contribution in [1.29, 1.82) is 0 Å². The number of para-hydroxylation sites is 1. The Hall–Kier alpha value is -1.51. The van der Waals surface area contributed by atoms with Crippen molar-refractivity contribution in [2.75, 3.05) is 11.9 Å². The summed E-state index contributed by atoms with van der Waals surface area (Å²) in [6.45, 7) is 6.93. The highest BCUT2D eigenvalue weighted by atomic mass is 16.5. The van der Waals surface area contributed by atoms with E-state index in [0.717, 1.165) is 18.5 Å². The molecule has 0 aliphatic carbocycles. The molecule has 1 heterocycles. The molecule has 0 amide bonds. The van der Waals surface area contributed by atoms with Gasteiger partial charge in [-0.25, -0.2) is 4.79 Å². The van der Waals surface area contributed by atoms with Gasteiger partial charge in [-0.15, -0.1) is 0 Å². The number of hydrogen-bond acceptors (Lipinski definition) is 3. The van der Waals surface area contributed by atoms with Crippen LogP contribution < -0.4 is 5.32 Å². The first-order valence-corrected chi connectivity index (χ1v) is 6.47. The van der Waals surface area contributed by atoms with E-state index >= 15 is 0 Å². The number of carbonyl (C=O) groups is 1. The highest BCUT2D eigenvalue weighted by Gasteiger charge is 2.27. The van der Waals surface area contributed by atoms with E-state index in [1.165, 1.54) is 5.56 Å². The molecule has 18 heavy (non-hydrogen) atoms. The van der Waals surface area contributed by atoms with Gasteiger partial charge in [-0.2, -0.15) is 0 Å². The van der Waals surface area contributed by atoms with Crippen LogP contribution in [0.3, 0.4) is 0 Å². The minimum Gasteiger partial charge on any atom is -0.464 e. The summed E-state index contributed by atoms with van der Waals surface area (Å²) in [4.78, 5) is 11.9. The second-order valence-electron chi connectivity index (χ2n) is 6.04. The number of esters is 1. The average molecular weight is 247 g/mol. The van der Waals surface area contributed by atoms with E-state index in [1.54, 1.807) is 0 Å². The SMILES string of the molecule is CC(C)(C)CCOC(=O)C1Cc2ccccc2N1. The molecule has 0 saturated carbocycles. The summed E-state index contributed by atoms with van der Waals surface area (Å²) in [5, 5.41) is 3.21. The van der Waals surface area contributed by atoms with Crippen LogP contribution in [-0.2, 0) is 16.0 Å². The number of rotatable bonds is 3. The molecule has 0 aromatic heterocycles. The zero-order valence-corrected chi connectivity index (χ0v) is 11.3. The van der Waals surface area contributed by atoms with E-state index in [-0.39, 0.29) is 17.4 Å². The maximum atomic E-state index is 11.9. The van der Waals surface area contributed by atoms with Crippen LogP contribution in [0.5, 0.6) is 0 Å². The molecule has 0 bridgehead atoms. The third-order valence-electron chi connectivity index (χ3n) is 3.15. The molecule has 0 radical (unpaired) electrons. The van der Waals surface area contributed by atoms with Crippen LogP contribution in [0.4, 0.5) is 5.69 Å². The Morgan fingerprint density at radius 3 is 2.78 bits per heavy atom. The fourth-order valence-electron chi connectivity index (χ4n) is 2.00. The van der Waals surface area contributed by atoms with Crippen LogP contribution in [0.25, 0.3) is 0 Å². The van der Waals surface area contributed by atoms with Gasteiger partial charge in [0, 0.05) is 12.1 Å². The lowest BCUT2D eigenvalue weighted by molar-refractivity contribution is -0.145. The van der Waals surface area contributed by atoms with Crippen LogP contribution in [-0.4, -0.2) is 18.6 Å². The van der Waals surface area contributed by atoms with E-state index in [1.807, 2.05) is 24.3 Å². The Labute approximate surface area is 109 Å². The number of nitrogens with one attached hydrogen (secondary N) is 1. The molecule has 2 rings (SSSR count). The fourth-order valence-corrected chi connectivity index (χ4v) is 2.00. The zero-order valence-electron chi connectivity index (χ0n) is 11.3. The van der Waals surface area contributed by atoms with E-state index in [2.05, 4.69) is 26.1 Å². The van der Waals surface area contributed by atoms with Crippen LogP contribution in [0, 0.1) is 5.41 Å². The minimum absolute atomic E-state index is 0.143. The van der Waals surface area contributed by atoms with Gasteiger partial charge in [-0.1, -0.05) is 39.0 Å². The van der Waals surface area contributed by atoms with Crippen molar-refractivity contribution in [2.24, 2.45) is 5.41 Å². The third kappa shape index (κ3) is 3.25. The van der Waals surface area contributed by atoms with Gasteiger partial charge in [0.25, 0.3) is 0 Å². The zero-order chi connectivity index (χ0) is 13.2. The van der Waals surface area contributed by atoms with Crippen molar-refractivity contribution in [3.05, 3.63) is 29.8 Å². The van der Waals surface area contributed by atoms with Crippen molar-refractivity contribution in [3.63, 3.8) is 0 Å². The number of hydrogen-bond donors (Lipinski definition) is 1. The molecule has 1 aliphatic rings. The topological polar surface area (TPSA) is 38.3 Å². The largest absolute Gasteiger partial charge is 0.464 e. The molecule has 1 atom stereocenters. The minimum atomic E-state index is -0.220. The smallest absolute Gasteiger partial charge is 0.328 e. The maximum Gasteiger partial charge on any atom is 0.328 e. The first-order valence-electron chi connectivity index (χ1n) is 6.47. The molecule has 0 saturated heterocycles. The van der Waals surface area contributed by atoms with Crippen molar-refractivity contribution in [1.82, 2.24) is 0 Å². The van der Waals surface area contributed by atoms with Crippen molar-refractivity contribution in [2.45, 2.75) is 39.7 Å². The lowest BCUT2D eigenvalue weighted by atomic mass is 9.93. The summed E-state index contributed by atoms with van der Waals surface area (Å²) in [5.74, 6) is -0.143. The van der Waals surface area contributed by atoms with E-state index in [0.29, 0.717) is 6.61 Å². The predicted octanol–water partition coefficient (Wildman–Crippen LogP) is 3.00. The normalized spacial score (nSPS) is 18.1. The summed E-state index contributed by atoms with van der Waals surface area (Å²) < 4.78 is 5.33. The van der Waals surface area contributed by atoms with Crippen molar-refractivity contribution in [3.8, 4) is 0 Å². The van der Waals surface area contributed by atoms with Crippen LogP contribution in [0.1, 0.15) is 32.8 Å². The summed E-state index contributed by atoms with van der Waals surface area (Å²) in [5.41, 5.74) is 2.44. The highest BCUT2D eigenvalue weighted by molar-refractivity contribution is 5.82. The second kappa shape index (κ2) is 5.01. The maximum absolute atomic E-state index is 11.9. The Balaban J connectivity index is 1.83. The Morgan fingerprint density at radius 1 is 1.39 bits per heavy atom. The number of ether oxygens (including phenoxy) is 1. The molecule has 1 aromatic carbocycles. The van der Waals surface area contributed by atoms with Crippen molar-refractivity contribution >= 4 is 11.7 Å². The number of fused-ring (bicyclic) bond motifs is 1. The summed E-state index contributed by atoms with van der Waals surface area (Å²) in [6.07, 6.45) is 1.61. The molecule has 1 aliphatic heterocycles. The van der Waals surface area contributed by atoms with E-state index in [4.69, 9.17) is 4.74 Å². The molecule has 98 valence electrons. The lowest BCUT2D eigenvalue weighted by Gasteiger charge is -2.18. The highest BCUT2D eigenvalue weighted by Crippen LogP contribution is 2.26. The molecule has 1 N–H and O–H groups in total. The number of carbonyl (C=O) groups excluding carboxylic acids is 1. The molecule has 3 heteroatoms. The molecule has 0 fully saturated rings. The van der Waals surface area contributed by atoms with Gasteiger partial charge in [-0.05, 0) is 23.5 Å². The average Bonchev–Trinajstić information content (AvgIpc) is 2.70. The first kappa shape index (κ1) is 12.9. The molecular formula is C15H21NO2. The quantitative estimate of drug-likeness (QED) is 0.834. The van der Waals surface area contributed by atoms with Gasteiger partial charge < -0.3 is 10.1 Å². The standard InChI is InChI=1S/C15H21NO2/c1-15(2,3)8-9-18-14(17)13-10-11-6-4-5-7-12(11)16-13/h4-7,13,16H,8-10H2,1-3H3. The summed E-state index contributed by atoms with van der Waals surface area (Å²) >= 11 is 0. The predicted molar refractivity (Wildman–Crippen MR) is 72.6 cm³/mol. The van der Waals surface area contributed by atoms with Gasteiger partial charge >= 0.3 is 5.97 Å². The number of anilines is 1. The Morgan fingerprint density at radius 2 is 2.11 bits per heavy atom. The second-order valence-corrected chi connectivity index (χ2v) is 6.04.